The number of urea groups is 1. The Bertz CT molecular complexity index is 530. The first-order valence-electron chi connectivity index (χ1n) is 6.13. The lowest BCUT2D eigenvalue weighted by atomic mass is 9.99. The molecular formula is C14H17N3O3. The van der Waals surface area contributed by atoms with Crippen LogP contribution in [0.15, 0.2) is 24.3 Å². The van der Waals surface area contributed by atoms with Gasteiger partial charge in [-0.25, -0.2) is 4.79 Å². The van der Waals surface area contributed by atoms with Crippen molar-refractivity contribution < 1.29 is 14.7 Å². The summed E-state index contributed by atoms with van der Waals surface area (Å²) in [7, 11) is 0. The molecule has 0 atom stereocenters. The minimum atomic E-state index is -0.896. The van der Waals surface area contributed by atoms with Crippen LogP contribution in [-0.2, 0) is 4.79 Å². The number of nitriles is 1. The summed E-state index contributed by atoms with van der Waals surface area (Å²) in [4.78, 5) is 22.3. The summed E-state index contributed by atoms with van der Waals surface area (Å²) in [5, 5.41) is 22.7. The van der Waals surface area contributed by atoms with E-state index in [4.69, 9.17) is 10.4 Å². The highest BCUT2D eigenvalue weighted by atomic mass is 16.4. The van der Waals surface area contributed by atoms with Crippen LogP contribution in [0.1, 0.15) is 32.3 Å². The van der Waals surface area contributed by atoms with Gasteiger partial charge in [0.15, 0.2) is 0 Å². The number of carbonyl (C=O) groups is 2. The van der Waals surface area contributed by atoms with Gasteiger partial charge in [-0.1, -0.05) is 0 Å². The zero-order valence-electron chi connectivity index (χ0n) is 11.4. The molecule has 0 heterocycles. The van der Waals surface area contributed by atoms with Crippen molar-refractivity contribution in [1.82, 2.24) is 5.32 Å². The number of amides is 2. The molecule has 6 nitrogen and oxygen atoms in total. The van der Waals surface area contributed by atoms with Crippen molar-refractivity contribution in [3.05, 3.63) is 29.8 Å². The highest BCUT2D eigenvalue weighted by Gasteiger charge is 2.21. The third-order valence-corrected chi connectivity index (χ3v) is 2.69. The first-order valence-corrected chi connectivity index (χ1v) is 6.13. The lowest BCUT2D eigenvalue weighted by molar-refractivity contribution is -0.137. The van der Waals surface area contributed by atoms with Gasteiger partial charge in [0.1, 0.15) is 0 Å². The quantitative estimate of drug-likeness (QED) is 0.767. The van der Waals surface area contributed by atoms with E-state index >= 15 is 0 Å². The standard InChI is InChI=1S/C14H17N3O3/c1-14(2,8-7-12(18)19)17-13(20)16-11-5-3-10(9-15)4-6-11/h3-6H,7-8H2,1-2H3,(H,18,19)(H2,16,17,20). The van der Waals surface area contributed by atoms with E-state index in [9.17, 15) is 9.59 Å². The lowest BCUT2D eigenvalue weighted by Gasteiger charge is -2.25. The van der Waals surface area contributed by atoms with Crippen molar-refractivity contribution in [3.63, 3.8) is 0 Å². The van der Waals surface area contributed by atoms with Crippen LogP contribution in [0, 0.1) is 11.3 Å². The smallest absolute Gasteiger partial charge is 0.319 e. The van der Waals surface area contributed by atoms with Gasteiger partial charge in [0.05, 0.1) is 11.6 Å². The predicted octanol–water partition coefficient (Wildman–Crippen LogP) is 2.32. The molecule has 0 saturated heterocycles. The summed E-state index contributed by atoms with van der Waals surface area (Å²) >= 11 is 0. The Morgan fingerprint density at radius 2 is 1.90 bits per heavy atom. The van der Waals surface area contributed by atoms with E-state index in [2.05, 4.69) is 10.6 Å². The second kappa shape index (κ2) is 6.57. The maximum absolute atomic E-state index is 11.8. The Morgan fingerprint density at radius 3 is 2.40 bits per heavy atom. The van der Waals surface area contributed by atoms with Crippen molar-refractivity contribution >= 4 is 17.7 Å². The highest BCUT2D eigenvalue weighted by molar-refractivity contribution is 5.89. The fourth-order valence-corrected chi connectivity index (χ4v) is 1.58. The van der Waals surface area contributed by atoms with E-state index in [0.717, 1.165) is 0 Å². The zero-order chi connectivity index (χ0) is 15.2. The third-order valence-electron chi connectivity index (χ3n) is 2.69. The van der Waals surface area contributed by atoms with Crippen molar-refractivity contribution in [1.29, 1.82) is 5.26 Å². The van der Waals surface area contributed by atoms with Crippen LogP contribution in [0.3, 0.4) is 0 Å². The molecule has 6 heteroatoms. The molecule has 20 heavy (non-hydrogen) atoms. The minimum absolute atomic E-state index is 0.00978. The number of nitrogens with zero attached hydrogens (tertiary/aromatic N) is 1. The van der Waals surface area contributed by atoms with E-state index in [1.165, 1.54) is 0 Å². The zero-order valence-corrected chi connectivity index (χ0v) is 11.4. The molecule has 0 saturated carbocycles. The van der Waals surface area contributed by atoms with Gasteiger partial charge in [-0.15, -0.1) is 0 Å². The number of benzene rings is 1. The van der Waals surface area contributed by atoms with Crippen molar-refractivity contribution in [3.8, 4) is 6.07 Å². The van der Waals surface area contributed by atoms with Gasteiger partial charge in [0.2, 0.25) is 0 Å². The van der Waals surface area contributed by atoms with E-state index in [1.54, 1.807) is 38.1 Å². The van der Waals surface area contributed by atoms with Gasteiger partial charge in [-0.3, -0.25) is 4.79 Å². The van der Waals surface area contributed by atoms with E-state index in [-0.39, 0.29) is 6.42 Å². The Morgan fingerprint density at radius 1 is 1.30 bits per heavy atom. The number of hydrogen-bond acceptors (Lipinski definition) is 3. The molecule has 1 aromatic rings. The van der Waals surface area contributed by atoms with E-state index in [1.807, 2.05) is 6.07 Å². The maximum Gasteiger partial charge on any atom is 0.319 e. The number of rotatable bonds is 5. The molecule has 0 aliphatic rings. The maximum atomic E-state index is 11.8. The number of carboxylic acid groups (broad SMARTS) is 1. The fourth-order valence-electron chi connectivity index (χ4n) is 1.58. The van der Waals surface area contributed by atoms with Crippen molar-refractivity contribution in [2.45, 2.75) is 32.2 Å². The molecule has 3 N–H and O–H groups in total. The fraction of sp³-hybridized carbons (Fsp3) is 0.357. The molecule has 0 aliphatic heterocycles. The Kier molecular flexibility index (Phi) is 5.09. The van der Waals surface area contributed by atoms with Gasteiger partial charge in [-0.2, -0.15) is 5.26 Å². The molecule has 1 rings (SSSR count). The average molecular weight is 275 g/mol. The highest BCUT2D eigenvalue weighted by Crippen LogP contribution is 2.13. The van der Waals surface area contributed by atoms with Crippen LogP contribution in [-0.4, -0.2) is 22.6 Å². The van der Waals surface area contributed by atoms with Gasteiger partial charge < -0.3 is 15.7 Å². The summed E-state index contributed by atoms with van der Waals surface area (Å²) < 4.78 is 0. The van der Waals surface area contributed by atoms with E-state index < -0.39 is 17.5 Å². The topological polar surface area (TPSA) is 102 Å². The Hall–Kier alpha value is -2.55. The number of aliphatic carboxylic acids is 1. The van der Waals surface area contributed by atoms with E-state index in [0.29, 0.717) is 17.7 Å². The molecule has 0 radical (unpaired) electrons. The first-order chi connectivity index (χ1) is 9.32. The second-order valence-corrected chi connectivity index (χ2v) is 5.05. The normalized spacial score (nSPS) is 10.4. The monoisotopic (exact) mass is 275 g/mol. The van der Waals surface area contributed by atoms with Crippen LogP contribution in [0.2, 0.25) is 0 Å². The van der Waals surface area contributed by atoms with Crippen LogP contribution in [0.5, 0.6) is 0 Å². The largest absolute Gasteiger partial charge is 0.481 e. The summed E-state index contributed by atoms with van der Waals surface area (Å²) in [6, 6.07) is 8.04. The van der Waals surface area contributed by atoms with Gasteiger partial charge in [0, 0.05) is 17.6 Å². The molecule has 0 spiro atoms. The Balaban J connectivity index is 2.53. The van der Waals surface area contributed by atoms with Crippen LogP contribution in [0.25, 0.3) is 0 Å². The summed E-state index contributed by atoms with van der Waals surface area (Å²) in [5.41, 5.74) is 0.461. The van der Waals surface area contributed by atoms with Crippen LogP contribution in [0.4, 0.5) is 10.5 Å². The third kappa shape index (κ3) is 5.40. The molecule has 0 fully saturated rings. The second-order valence-electron chi connectivity index (χ2n) is 5.05. The summed E-state index contributed by atoms with van der Waals surface area (Å²) in [5.74, 6) is -0.896. The molecule has 2 amide bonds. The molecule has 1 aromatic carbocycles. The number of hydrogen-bond donors (Lipinski definition) is 3. The molecule has 0 aromatic heterocycles. The minimum Gasteiger partial charge on any atom is -0.481 e. The SMILES string of the molecule is CC(C)(CCC(=O)O)NC(=O)Nc1ccc(C#N)cc1. The van der Waals surface area contributed by atoms with Crippen molar-refractivity contribution in [2.24, 2.45) is 0 Å². The molecular weight excluding hydrogens is 258 g/mol. The van der Waals surface area contributed by atoms with Gasteiger partial charge >= 0.3 is 12.0 Å². The predicted molar refractivity (Wildman–Crippen MR) is 74.3 cm³/mol. The Labute approximate surface area is 117 Å². The number of carbonyl (C=O) groups excluding carboxylic acids is 1. The number of nitrogens with one attached hydrogen (secondary N) is 2. The van der Waals surface area contributed by atoms with Gasteiger partial charge in [-0.05, 0) is 44.5 Å². The molecule has 0 unspecified atom stereocenters. The van der Waals surface area contributed by atoms with Crippen molar-refractivity contribution in [2.75, 3.05) is 5.32 Å². The summed E-state index contributed by atoms with van der Waals surface area (Å²) in [6.07, 6.45) is 0.327. The number of carboxylic acids is 1. The average Bonchev–Trinajstić information content (AvgIpc) is 2.37. The van der Waals surface area contributed by atoms with Crippen LogP contribution < -0.4 is 10.6 Å². The molecule has 0 bridgehead atoms. The lowest BCUT2D eigenvalue weighted by Crippen LogP contribution is -2.45. The molecule has 106 valence electrons. The first kappa shape index (κ1) is 15.5. The number of anilines is 1. The summed E-state index contributed by atoms with van der Waals surface area (Å²) in [6.45, 7) is 3.52. The van der Waals surface area contributed by atoms with Crippen LogP contribution >= 0.6 is 0 Å². The van der Waals surface area contributed by atoms with Gasteiger partial charge in [0.25, 0.3) is 0 Å². The molecule has 0 aliphatic carbocycles.